The van der Waals surface area contributed by atoms with Crippen LogP contribution in [0.3, 0.4) is 0 Å². The highest BCUT2D eigenvalue weighted by molar-refractivity contribution is 7.92. The first-order valence-corrected chi connectivity index (χ1v) is 10.5. The SMILES string of the molecule is CCS(=O)(=O)CC(=O)N1CCC[C@H](c2nc(C(C)C)cs2)C1. The summed E-state index contributed by atoms with van der Waals surface area (Å²) in [7, 11) is -3.26. The van der Waals surface area contributed by atoms with Gasteiger partial charge < -0.3 is 4.90 Å². The molecule has 0 aromatic carbocycles. The third-order valence-corrected chi connectivity index (χ3v) is 6.63. The minimum Gasteiger partial charge on any atom is -0.341 e. The molecule has 7 heteroatoms. The van der Waals surface area contributed by atoms with E-state index in [0.29, 0.717) is 19.0 Å². The molecule has 0 aliphatic carbocycles. The van der Waals surface area contributed by atoms with Crippen molar-refractivity contribution in [2.45, 2.75) is 45.4 Å². The first-order valence-electron chi connectivity index (χ1n) is 7.76. The van der Waals surface area contributed by atoms with Gasteiger partial charge in [0.15, 0.2) is 9.84 Å². The van der Waals surface area contributed by atoms with Gasteiger partial charge in [0.2, 0.25) is 5.91 Å². The Kier molecular flexibility index (Phi) is 5.60. The number of hydrogen-bond donors (Lipinski definition) is 0. The number of hydrogen-bond acceptors (Lipinski definition) is 5. The molecule has 0 bridgehead atoms. The number of thiazole rings is 1. The van der Waals surface area contributed by atoms with Crippen molar-refractivity contribution >= 4 is 27.1 Å². The summed E-state index contributed by atoms with van der Waals surface area (Å²) in [6.07, 6.45) is 1.91. The van der Waals surface area contributed by atoms with Crippen LogP contribution in [-0.4, -0.2) is 48.8 Å². The number of likely N-dealkylation sites (tertiary alicyclic amines) is 1. The highest BCUT2D eigenvalue weighted by Gasteiger charge is 2.28. The fourth-order valence-electron chi connectivity index (χ4n) is 2.54. The summed E-state index contributed by atoms with van der Waals surface area (Å²) >= 11 is 1.65. The van der Waals surface area contributed by atoms with Gasteiger partial charge in [-0.1, -0.05) is 20.8 Å². The molecule has 1 amide bonds. The van der Waals surface area contributed by atoms with Crippen molar-refractivity contribution in [1.29, 1.82) is 0 Å². The van der Waals surface area contributed by atoms with Gasteiger partial charge in [-0.15, -0.1) is 11.3 Å². The minimum absolute atomic E-state index is 0.0141. The van der Waals surface area contributed by atoms with Gasteiger partial charge >= 0.3 is 0 Å². The van der Waals surface area contributed by atoms with Gasteiger partial charge in [0, 0.05) is 30.1 Å². The fraction of sp³-hybridized carbons (Fsp3) is 0.733. The second-order valence-corrected chi connectivity index (χ2v) is 9.36. The van der Waals surface area contributed by atoms with Crippen LogP contribution in [-0.2, 0) is 14.6 Å². The van der Waals surface area contributed by atoms with E-state index >= 15 is 0 Å². The van der Waals surface area contributed by atoms with Crippen LogP contribution in [0, 0.1) is 0 Å². The fourth-order valence-corrected chi connectivity index (χ4v) is 4.41. The molecule has 2 heterocycles. The van der Waals surface area contributed by atoms with Crippen molar-refractivity contribution in [2.24, 2.45) is 0 Å². The van der Waals surface area contributed by atoms with Crippen LogP contribution in [0.25, 0.3) is 0 Å². The number of amides is 1. The second-order valence-electron chi connectivity index (χ2n) is 6.12. The van der Waals surface area contributed by atoms with Gasteiger partial charge in [-0.2, -0.15) is 0 Å². The first kappa shape index (κ1) is 17.4. The summed E-state index contributed by atoms with van der Waals surface area (Å²) in [5.41, 5.74) is 1.09. The maximum absolute atomic E-state index is 12.2. The van der Waals surface area contributed by atoms with E-state index in [4.69, 9.17) is 0 Å². The van der Waals surface area contributed by atoms with Crippen LogP contribution in [0.2, 0.25) is 0 Å². The Morgan fingerprint density at radius 1 is 1.50 bits per heavy atom. The van der Waals surface area contributed by atoms with Gasteiger partial charge in [-0.25, -0.2) is 13.4 Å². The third kappa shape index (κ3) is 4.29. The number of carbonyl (C=O) groups excluding carboxylic acids is 1. The third-order valence-electron chi connectivity index (χ3n) is 4.04. The number of sulfone groups is 1. The number of rotatable bonds is 5. The predicted octanol–water partition coefficient (Wildman–Crippen LogP) is 2.41. The predicted molar refractivity (Wildman–Crippen MR) is 89.1 cm³/mol. The van der Waals surface area contributed by atoms with Gasteiger partial charge in [-0.05, 0) is 18.8 Å². The summed E-state index contributed by atoms with van der Waals surface area (Å²) < 4.78 is 23.2. The van der Waals surface area contributed by atoms with E-state index in [-0.39, 0.29) is 23.3 Å². The van der Waals surface area contributed by atoms with Gasteiger partial charge in [-0.3, -0.25) is 4.79 Å². The van der Waals surface area contributed by atoms with E-state index in [9.17, 15) is 13.2 Å². The van der Waals surface area contributed by atoms with Crippen LogP contribution < -0.4 is 0 Å². The Labute approximate surface area is 136 Å². The molecule has 1 saturated heterocycles. The van der Waals surface area contributed by atoms with E-state index in [2.05, 4.69) is 24.2 Å². The molecule has 1 aromatic rings. The van der Waals surface area contributed by atoms with Crippen LogP contribution in [0.1, 0.15) is 56.2 Å². The molecule has 0 radical (unpaired) electrons. The van der Waals surface area contributed by atoms with E-state index in [1.54, 1.807) is 23.2 Å². The Morgan fingerprint density at radius 2 is 2.23 bits per heavy atom. The van der Waals surface area contributed by atoms with Gasteiger partial charge in [0.25, 0.3) is 0 Å². The summed E-state index contributed by atoms with van der Waals surface area (Å²) in [5, 5.41) is 3.15. The molecule has 0 spiro atoms. The Morgan fingerprint density at radius 3 is 2.82 bits per heavy atom. The van der Waals surface area contributed by atoms with Crippen molar-refractivity contribution in [3.8, 4) is 0 Å². The molecule has 1 aromatic heterocycles. The maximum Gasteiger partial charge on any atom is 0.237 e. The van der Waals surface area contributed by atoms with Crippen LogP contribution in [0.5, 0.6) is 0 Å². The number of nitrogens with zero attached hydrogens (tertiary/aromatic N) is 2. The van der Waals surface area contributed by atoms with Crippen LogP contribution in [0.15, 0.2) is 5.38 Å². The van der Waals surface area contributed by atoms with Crippen molar-refractivity contribution in [2.75, 3.05) is 24.6 Å². The first-order chi connectivity index (χ1) is 10.3. The molecule has 0 saturated carbocycles. The Hall–Kier alpha value is -0.950. The number of piperidine rings is 1. The van der Waals surface area contributed by atoms with Crippen molar-refractivity contribution in [3.63, 3.8) is 0 Å². The smallest absolute Gasteiger partial charge is 0.237 e. The van der Waals surface area contributed by atoms with E-state index in [1.165, 1.54) is 0 Å². The molecule has 22 heavy (non-hydrogen) atoms. The number of carbonyl (C=O) groups is 1. The zero-order valence-corrected chi connectivity index (χ0v) is 15.0. The topological polar surface area (TPSA) is 67.3 Å². The molecule has 2 rings (SSSR count). The van der Waals surface area contributed by atoms with E-state index < -0.39 is 9.84 Å². The highest BCUT2D eigenvalue weighted by atomic mass is 32.2. The normalized spacial score (nSPS) is 19.6. The molecular weight excluding hydrogens is 320 g/mol. The molecule has 1 atom stereocenters. The van der Waals surface area contributed by atoms with Gasteiger partial charge in [0.05, 0.1) is 10.7 Å². The van der Waals surface area contributed by atoms with Gasteiger partial charge in [0.1, 0.15) is 5.75 Å². The number of aromatic nitrogens is 1. The Bertz CT molecular complexity index is 622. The molecule has 5 nitrogen and oxygen atoms in total. The lowest BCUT2D eigenvalue weighted by Crippen LogP contribution is -2.42. The van der Waals surface area contributed by atoms with Crippen molar-refractivity contribution in [3.05, 3.63) is 16.1 Å². The zero-order chi connectivity index (χ0) is 16.3. The summed E-state index contributed by atoms with van der Waals surface area (Å²) in [4.78, 5) is 18.6. The second kappa shape index (κ2) is 7.08. The molecule has 0 N–H and O–H groups in total. The average Bonchev–Trinajstić information content (AvgIpc) is 2.97. The van der Waals surface area contributed by atoms with E-state index in [1.807, 2.05) is 0 Å². The largest absolute Gasteiger partial charge is 0.341 e. The summed E-state index contributed by atoms with van der Waals surface area (Å²) in [6.45, 7) is 7.04. The summed E-state index contributed by atoms with van der Waals surface area (Å²) in [5.74, 6) is 0.0127. The lowest BCUT2D eigenvalue weighted by Gasteiger charge is -2.31. The Balaban J connectivity index is 2.03. The maximum atomic E-state index is 12.2. The summed E-state index contributed by atoms with van der Waals surface area (Å²) in [6, 6.07) is 0. The molecule has 1 aliphatic heterocycles. The van der Waals surface area contributed by atoms with Crippen molar-refractivity contribution in [1.82, 2.24) is 9.88 Å². The quantitative estimate of drug-likeness (QED) is 0.822. The molecule has 1 fully saturated rings. The molecule has 0 unspecified atom stereocenters. The molecule has 1 aliphatic rings. The lowest BCUT2D eigenvalue weighted by molar-refractivity contribution is -0.129. The van der Waals surface area contributed by atoms with Crippen LogP contribution >= 0.6 is 11.3 Å². The average molecular weight is 345 g/mol. The van der Waals surface area contributed by atoms with Crippen LogP contribution in [0.4, 0.5) is 0 Å². The molecular formula is C15H24N2O3S2. The standard InChI is InChI=1S/C15H24N2O3S2/c1-4-22(19,20)10-14(18)17-7-5-6-12(8-17)15-16-13(9-21-15)11(2)3/h9,11-12H,4-8,10H2,1-3H3/t12-/m0/s1. The minimum atomic E-state index is -3.26. The molecule has 124 valence electrons. The van der Waals surface area contributed by atoms with Crippen molar-refractivity contribution < 1.29 is 13.2 Å². The van der Waals surface area contributed by atoms with E-state index in [0.717, 1.165) is 23.5 Å². The monoisotopic (exact) mass is 344 g/mol. The zero-order valence-electron chi connectivity index (χ0n) is 13.4. The lowest BCUT2D eigenvalue weighted by atomic mass is 9.98. The highest BCUT2D eigenvalue weighted by Crippen LogP contribution is 2.30.